The first-order chi connectivity index (χ1) is 15.4. The maximum absolute atomic E-state index is 15.1. The summed E-state index contributed by atoms with van der Waals surface area (Å²) in [5.74, 6) is -5.04. The Morgan fingerprint density at radius 1 is 0.969 bits per heavy atom. The van der Waals surface area contributed by atoms with Crippen molar-refractivity contribution < 1.29 is 32.5 Å². The second-order valence-electron chi connectivity index (χ2n) is 6.63. The summed E-state index contributed by atoms with van der Waals surface area (Å²) >= 11 is 0. The smallest absolute Gasteiger partial charge is 0.168 e. The molecule has 0 atom stereocenters. The van der Waals surface area contributed by atoms with E-state index in [1.165, 1.54) is 6.20 Å². The zero-order valence-electron chi connectivity index (χ0n) is 16.1. The molecule has 8 nitrogen and oxygen atoms in total. The third-order valence-electron chi connectivity index (χ3n) is 4.59. The van der Waals surface area contributed by atoms with Crippen LogP contribution in [0.25, 0.3) is 11.0 Å². The molecule has 0 radical (unpaired) electrons. The maximum Gasteiger partial charge on any atom is 0.168 e. The Bertz CT molecular complexity index is 1240. The van der Waals surface area contributed by atoms with Gasteiger partial charge in [-0.1, -0.05) is 0 Å². The fourth-order valence-electron chi connectivity index (χ4n) is 3.14. The van der Waals surface area contributed by atoms with E-state index in [4.69, 9.17) is 4.74 Å². The van der Waals surface area contributed by atoms with Crippen molar-refractivity contribution >= 4 is 22.5 Å². The zero-order chi connectivity index (χ0) is 22.8. The molecule has 0 fully saturated rings. The lowest BCUT2D eigenvalue weighted by Gasteiger charge is -2.31. The van der Waals surface area contributed by atoms with Crippen LogP contribution in [0, 0.1) is 23.3 Å². The SMILES string of the molecule is OCC(CO)N(c1c(F)cc(Oc2ccc(F)cc2F)cc1F)c1ncnc2[nH]ncc12. The minimum Gasteiger partial charge on any atom is -0.454 e. The second kappa shape index (κ2) is 8.77. The Hall–Kier alpha value is -3.77. The standard InChI is InChI=1S/C20H15F4N5O3/c21-10-1-2-17(14(22)3-10)32-12-4-15(23)18(16(24)5-12)29(11(7-30)8-31)20-13-6-27-28-19(13)25-9-26-20/h1-6,9,11,30-31H,7-8H2,(H,25,26,27,28). The summed E-state index contributed by atoms with van der Waals surface area (Å²) in [7, 11) is 0. The predicted molar refractivity (Wildman–Crippen MR) is 105 cm³/mol. The number of hydrogen-bond acceptors (Lipinski definition) is 7. The third-order valence-corrected chi connectivity index (χ3v) is 4.59. The van der Waals surface area contributed by atoms with E-state index in [9.17, 15) is 19.0 Å². The summed E-state index contributed by atoms with van der Waals surface area (Å²) in [5.41, 5.74) is -0.381. The van der Waals surface area contributed by atoms with Gasteiger partial charge in [-0.3, -0.25) is 5.10 Å². The molecule has 3 N–H and O–H groups in total. The van der Waals surface area contributed by atoms with E-state index >= 15 is 8.78 Å². The van der Waals surface area contributed by atoms with Crippen LogP contribution in [-0.4, -0.2) is 49.6 Å². The van der Waals surface area contributed by atoms with E-state index in [0.29, 0.717) is 6.07 Å². The molecule has 2 aromatic heterocycles. The summed E-state index contributed by atoms with van der Waals surface area (Å²) in [6.45, 7) is -1.34. The molecular formula is C20H15F4N5O3. The number of benzene rings is 2. The number of anilines is 2. The lowest BCUT2D eigenvalue weighted by Crippen LogP contribution is -2.39. The summed E-state index contributed by atoms with van der Waals surface area (Å²) < 4.78 is 62.3. The van der Waals surface area contributed by atoms with E-state index in [2.05, 4.69) is 20.2 Å². The molecule has 0 aliphatic carbocycles. The molecule has 2 aromatic carbocycles. The number of halogens is 4. The van der Waals surface area contributed by atoms with Gasteiger partial charge in [-0.25, -0.2) is 27.5 Å². The second-order valence-corrected chi connectivity index (χ2v) is 6.63. The van der Waals surface area contributed by atoms with Crippen LogP contribution in [-0.2, 0) is 0 Å². The minimum atomic E-state index is -1.17. The van der Waals surface area contributed by atoms with Gasteiger partial charge in [-0.2, -0.15) is 5.10 Å². The number of aliphatic hydroxyl groups is 2. The van der Waals surface area contributed by atoms with Crippen LogP contribution in [0.1, 0.15) is 0 Å². The molecule has 0 amide bonds. The number of ether oxygens (including phenoxy) is 1. The molecule has 32 heavy (non-hydrogen) atoms. The minimum absolute atomic E-state index is 0.0205. The highest BCUT2D eigenvalue weighted by Crippen LogP contribution is 2.37. The van der Waals surface area contributed by atoms with E-state index in [0.717, 1.165) is 35.5 Å². The lowest BCUT2D eigenvalue weighted by molar-refractivity contribution is 0.192. The largest absolute Gasteiger partial charge is 0.454 e. The number of aliphatic hydroxyl groups excluding tert-OH is 2. The van der Waals surface area contributed by atoms with Crippen LogP contribution in [0.5, 0.6) is 11.5 Å². The molecule has 4 aromatic rings. The first-order valence-electron chi connectivity index (χ1n) is 9.20. The fourth-order valence-corrected chi connectivity index (χ4v) is 3.14. The highest BCUT2D eigenvalue weighted by Gasteiger charge is 2.29. The van der Waals surface area contributed by atoms with Gasteiger partial charge in [-0.05, 0) is 12.1 Å². The number of rotatable bonds is 7. The fraction of sp³-hybridized carbons (Fsp3) is 0.150. The number of hydrogen-bond donors (Lipinski definition) is 3. The molecule has 0 aliphatic rings. The number of H-pyrrole nitrogens is 1. The Morgan fingerprint density at radius 2 is 1.69 bits per heavy atom. The highest BCUT2D eigenvalue weighted by atomic mass is 19.1. The molecule has 0 spiro atoms. The first kappa shape index (κ1) is 21.5. The van der Waals surface area contributed by atoms with Crippen molar-refractivity contribution in [3.63, 3.8) is 0 Å². The molecule has 2 heterocycles. The molecule has 0 saturated heterocycles. The number of aromatic nitrogens is 4. The summed E-state index contributed by atoms with van der Waals surface area (Å²) in [6.07, 6.45) is 2.45. The normalized spacial score (nSPS) is 11.3. The third kappa shape index (κ3) is 3.92. The van der Waals surface area contributed by atoms with Crippen molar-refractivity contribution in [2.75, 3.05) is 18.1 Å². The van der Waals surface area contributed by atoms with E-state index in [1.54, 1.807) is 0 Å². The summed E-state index contributed by atoms with van der Waals surface area (Å²) in [4.78, 5) is 8.99. The predicted octanol–water partition coefficient (Wildman–Crippen LogP) is 3.19. The van der Waals surface area contributed by atoms with Crippen LogP contribution in [0.15, 0.2) is 42.9 Å². The topological polar surface area (TPSA) is 107 Å². The quantitative estimate of drug-likeness (QED) is 0.372. The van der Waals surface area contributed by atoms with Gasteiger partial charge in [-0.15, -0.1) is 0 Å². The average Bonchev–Trinajstić information content (AvgIpc) is 3.24. The Kier molecular flexibility index (Phi) is 5.88. The highest BCUT2D eigenvalue weighted by molar-refractivity contribution is 5.89. The van der Waals surface area contributed by atoms with Gasteiger partial charge in [0.05, 0.1) is 30.8 Å². The van der Waals surface area contributed by atoms with E-state index < -0.39 is 59.7 Å². The molecule has 0 bridgehead atoms. The molecule has 4 rings (SSSR count). The van der Waals surface area contributed by atoms with Crippen LogP contribution >= 0.6 is 0 Å². The zero-order valence-corrected chi connectivity index (χ0v) is 16.1. The Labute approximate surface area is 177 Å². The molecule has 166 valence electrons. The van der Waals surface area contributed by atoms with Gasteiger partial charge in [0, 0.05) is 18.2 Å². The molecular weight excluding hydrogens is 434 g/mol. The van der Waals surface area contributed by atoms with Crippen LogP contribution in [0.4, 0.5) is 29.1 Å². The Morgan fingerprint density at radius 3 is 2.34 bits per heavy atom. The van der Waals surface area contributed by atoms with Gasteiger partial charge in [0.15, 0.2) is 28.8 Å². The van der Waals surface area contributed by atoms with Crippen LogP contribution < -0.4 is 9.64 Å². The molecule has 0 unspecified atom stereocenters. The molecule has 0 saturated carbocycles. The van der Waals surface area contributed by atoms with Crippen molar-refractivity contribution in [1.82, 2.24) is 20.2 Å². The van der Waals surface area contributed by atoms with E-state index in [-0.39, 0.29) is 16.9 Å². The van der Waals surface area contributed by atoms with Crippen molar-refractivity contribution in [3.05, 3.63) is 66.1 Å². The summed E-state index contributed by atoms with van der Waals surface area (Å²) in [5, 5.41) is 26.1. The first-order valence-corrected chi connectivity index (χ1v) is 9.20. The lowest BCUT2D eigenvalue weighted by atomic mass is 10.1. The summed E-state index contributed by atoms with van der Waals surface area (Å²) in [6, 6.07) is 2.87. The molecule has 0 aliphatic heterocycles. The van der Waals surface area contributed by atoms with E-state index in [1.807, 2.05) is 0 Å². The maximum atomic E-state index is 15.1. The van der Waals surface area contributed by atoms with Crippen LogP contribution in [0.3, 0.4) is 0 Å². The van der Waals surface area contributed by atoms with Gasteiger partial charge in [0.2, 0.25) is 0 Å². The van der Waals surface area contributed by atoms with Gasteiger partial charge >= 0.3 is 0 Å². The number of fused-ring (bicyclic) bond motifs is 1. The number of aromatic amines is 1. The van der Waals surface area contributed by atoms with Crippen LogP contribution in [0.2, 0.25) is 0 Å². The van der Waals surface area contributed by atoms with Gasteiger partial charge < -0.3 is 19.8 Å². The van der Waals surface area contributed by atoms with Gasteiger partial charge in [0.1, 0.15) is 29.4 Å². The Balaban J connectivity index is 1.80. The van der Waals surface area contributed by atoms with Crippen molar-refractivity contribution in [1.29, 1.82) is 0 Å². The van der Waals surface area contributed by atoms with Crippen molar-refractivity contribution in [2.24, 2.45) is 0 Å². The average molecular weight is 449 g/mol. The monoisotopic (exact) mass is 449 g/mol. The number of nitrogens with one attached hydrogen (secondary N) is 1. The molecule has 12 heteroatoms. The van der Waals surface area contributed by atoms with Crippen molar-refractivity contribution in [2.45, 2.75) is 6.04 Å². The van der Waals surface area contributed by atoms with Crippen molar-refractivity contribution in [3.8, 4) is 11.5 Å². The number of nitrogens with zero attached hydrogens (tertiary/aromatic N) is 4. The van der Waals surface area contributed by atoms with Gasteiger partial charge in [0.25, 0.3) is 0 Å².